The van der Waals surface area contributed by atoms with Crippen LogP contribution in [0.2, 0.25) is 0 Å². The Morgan fingerprint density at radius 3 is 2.21 bits per heavy atom. The Bertz CT molecular complexity index is 1560. The zero-order valence-corrected chi connectivity index (χ0v) is 25.0. The van der Waals surface area contributed by atoms with Crippen LogP contribution in [0.1, 0.15) is 41.7 Å². The smallest absolute Gasteiger partial charge is 0.295 e. The molecule has 0 saturated heterocycles. The molecule has 0 radical (unpaired) electrons. The van der Waals surface area contributed by atoms with Crippen LogP contribution in [0.15, 0.2) is 71.4 Å². The van der Waals surface area contributed by atoms with Crippen LogP contribution in [0, 0.1) is 12.7 Å². The first kappa shape index (κ1) is 31.5. The van der Waals surface area contributed by atoms with E-state index in [1.54, 1.807) is 37.3 Å². The Labute approximate surface area is 249 Å². The number of rotatable bonds is 11. The molecule has 7 nitrogen and oxygen atoms in total. The van der Waals surface area contributed by atoms with E-state index in [-0.39, 0.29) is 36.9 Å². The number of halogens is 3. The number of amidine groups is 1. The molecule has 1 atom stereocenters. The summed E-state index contributed by atoms with van der Waals surface area (Å²) in [6.07, 6.45) is -1.81. The minimum Gasteiger partial charge on any atom is -0.497 e. The van der Waals surface area contributed by atoms with Crippen LogP contribution in [-0.4, -0.2) is 44.5 Å². The molecule has 1 aliphatic rings. The highest BCUT2D eigenvalue weighted by molar-refractivity contribution is 5.79. The minimum absolute atomic E-state index is 0.0418. The monoisotopic (exact) mass is 596 g/mol. The van der Waals surface area contributed by atoms with Crippen LogP contribution >= 0.6 is 0 Å². The molecule has 43 heavy (non-hydrogen) atoms. The molecule has 0 amide bonds. The molecule has 10 heteroatoms. The molecule has 0 bridgehead atoms. The Balaban J connectivity index is 1.87. The molecule has 1 heterocycles. The standard InChI is InChI=1S/C33H35F3N2O5/c1-20-7-9-23(28(13-20)41-5)18-38(19-24-10-11-25(40-4)16-29(24)42-6)32-37-33(3,17-30(43-32)31(35)36)26-15-22(14-21(2)39)8-12-27(26)34/h7-13,15-17,31H,14,18-19H2,1-6H3/t33-/m0/s1. The van der Waals surface area contributed by atoms with Gasteiger partial charge in [-0.25, -0.2) is 18.2 Å². The van der Waals surface area contributed by atoms with Crippen molar-refractivity contribution in [2.45, 2.75) is 52.2 Å². The van der Waals surface area contributed by atoms with E-state index in [9.17, 15) is 13.6 Å². The van der Waals surface area contributed by atoms with Crippen LogP contribution in [0.25, 0.3) is 0 Å². The number of nitrogens with zero attached hydrogens (tertiary/aromatic N) is 2. The van der Waals surface area contributed by atoms with E-state index in [2.05, 4.69) is 0 Å². The highest BCUT2D eigenvalue weighted by Gasteiger charge is 2.37. The number of Topliss-reactive ketones (excluding diaryl/α,β-unsaturated/α-hetero) is 1. The van der Waals surface area contributed by atoms with Gasteiger partial charge in [0, 0.05) is 29.2 Å². The Kier molecular flexibility index (Phi) is 9.68. The zero-order valence-electron chi connectivity index (χ0n) is 25.0. The van der Waals surface area contributed by atoms with Crippen molar-refractivity contribution in [1.82, 2.24) is 4.90 Å². The summed E-state index contributed by atoms with van der Waals surface area (Å²) in [4.78, 5) is 18.2. The van der Waals surface area contributed by atoms with Gasteiger partial charge >= 0.3 is 0 Å². The molecule has 4 rings (SSSR count). The fourth-order valence-electron chi connectivity index (χ4n) is 4.97. The number of carbonyl (C=O) groups is 1. The van der Waals surface area contributed by atoms with Gasteiger partial charge in [-0.3, -0.25) is 4.79 Å². The number of alkyl halides is 2. The maximum atomic E-state index is 15.3. The van der Waals surface area contributed by atoms with Crippen LogP contribution in [-0.2, 0) is 34.6 Å². The second-order valence-corrected chi connectivity index (χ2v) is 10.5. The molecule has 0 aliphatic carbocycles. The summed E-state index contributed by atoms with van der Waals surface area (Å²) in [5, 5.41) is 0. The summed E-state index contributed by atoms with van der Waals surface area (Å²) in [5.74, 6) is 0.259. The summed E-state index contributed by atoms with van der Waals surface area (Å²) < 4.78 is 66.2. The summed E-state index contributed by atoms with van der Waals surface area (Å²) in [5.41, 5.74) is 1.44. The molecule has 0 aromatic heterocycles. The van der Waals surface area contributed by atoms with E-state index in [1.807, 2.05) is 25.1 Å². The third-order valence-corrected chi connectivity index (χ3v) is 7.13. The van der Waals surface area contributed by atoms with Gasteiger partial charge in [0.05, 0.1) is 34.4 Å². The number of ketones is 1. The number of aliphatic imine (C=N–C) groups is 1. The van der Waals surface area contributed by atoms with E-state index in [0.29, 0.717) is 28.4 Å². The molecule has 3 aromatic carbocycles. The van der Waals surface area contributed by atoms with Gasteiger partial charge in [-0.1, -0.05) is 18.2 Å². The zero-order chi connectivity index (χ0) is 31.3. The van der Waals surface area contributed by atoms with E-state index < -0.39 is 23.5 Å². The number of methoxy groups -OCH3 is 3. The molecule has 0 saturated carbocycles. The first-order chi connectivity index (χ1) is 20.5. The van der Waals surface area contributed by atoms with Gasteiger partial charge < -0.3 is 23.8 Å². The van der Waals surface area contributed by atoms with E-state index in [1.165, 1.54) is 39.2 Å². The summed E-state index contributed by atoms with van der Waals surface area (Å²) >= 11 is 0. The average molecular weight is 597 g/mol. The Morgan fingerprint density at radius 1 is 0.953 bits per heavy atom. The Hall–Kier alpha value is -4.47. The highest BCUT2D eigenvalue weighted by atomic mass is 19.3. The molecule has 0 N–H and O–H groups in total. The predicted octanol–water partition coefficient (Wildman–Crippen LogP) is 6.74. The SMILES string of the molecule is COc1ccc(CN(Cc2ccc(C)cc2OC)C2=N[C@](C)(c3cc(CC(C)=O)ccc3F)C=C(C(F)F)O2)c(OC)c1. The lowest BCUT2D eigenvalue weighted by Gasteiger charge is -2.34. The lowest BCUT2D eigenvalue weighted by molar-refractivity contribution is -0.116. The number of allylic oxidation sites excluding steroid dienone is 1. The third kappa shape index (κ3) is 7.31. The van der Waals surface area contributed by atoms with Crippen LogP contribution < -0.4 is 14.2 Å². The second kappa shape index (κ2) is 13.2. The van der Waals surface area contributed by atoms with Gasteiger partial charge in [0.1, 0.15) is 34.4 Å². The number of hydrogen-bond donors (Lipinski definition) is 0. The summed E-state index contributed by atoms with van der Waals surface area (Å²) in [6.45, 7) is 5.17. The van der Waals surface area contributed by atoms with Gasteiger partial charge in [0.25, 0.3) is 12.4 Å². The number of benzene rings is 3. The van der Waals surface area contributed by atoms with Crippen molar-refractivity contribution in [1.29, 1.82) is 0 Å². The van der Waals surface area contributed by atoms with Crippen molar-refractivity contribution in [3.8, 4) is 17.2 Å². The molecular formula is C33H35F3N2O5. The number of hydrogen-bond acceptors (Lipinski definition) is 7. The first-order valence-corrected chi connectivity index (χ1v) is 13.6. The van der Waals surface area contributed by atoms with Crippen molar-refractivity contribution in [2.75, 3.05) is 21.3 Å². The molecule has 3 aromatic rings. The van der Waals surface area contributed by atoms with Crippen LogP contribution in [0.3, 0.4) is 0 Å². The fourth-order valence-corrected chi connectivity index (χ4v) is 4.97. The highest BCUT2D eigenvalue weighted by Crippen LogP contribution is 2.38. The van der Waals surface area contributed by atoms with Gasteiger partial charge in [0.2, 0.25) is 0 Å². The van der Waals surface area contributed by atoms with E-state index >= 15 is 4.39 Å². The first-order valence-electron chi connectivity index (χ1n) is 13.6. The lowest BCUT2D eigenvalue weighted by atomic mass is 9.88. The lowest BCUT2D eigenvalue weighted by Crippen LogP contribution is -2.38. The molecule has 0 fully saturated rings. The minimum atomic E-state index is -3.00. The second-order valence-electron chi connectivity index (χ2n) is 10.5. The van der Waals surface area contributed by atoms with Crippen LogP contribution in [0.4, 0.5) is 13.2 Å². The average Bonchev–Trinajstić information content (AvgIpc) is 2.97. The van der Waals surface area contributed by atoms with Gasteiger partial charge in [-0.15, -0.1) is 0 Å². The Morgan fingerprint density at radius 2 is 1.60 bits per heavy atom. The van der Waals surface area contributed by atoms with Crippen molar-refractivity contribution in [2.24, 2.45) is 4.99 Å². The van der Waals surface area contributed by atoms with Crippen molar-refractivity contribution < 1.29 is 36.9 Å². The summed E-state index contributed by atoms with van der Waals surface area (Å²) in [7, 11) is 4.61. The fraction of sp³-hybridized carbons (Fsp3) is 0.333. The molecule has 1 aliphatic heterocycles. The molecule has 0 unspecified atom stereocenters. The van der Waals surface area contributed by atoms with Gasteiger partial charge in [-0.05, 0) is 68.3 Å². The molecule has 228 valence electrons. The van der Waals surface area contributed by atoms with E-state index in [4.69, 9.17) is 23.9 Å². The van der Waals surface area contributed by atoms with Gasteiger partial charge in [0.15, 0.2) is 5.76 Å². The van der Waals surface area contributed by atoms with Crippen molar-refractivity contribution in [3.05, 3.63) is 100 Å². The maximum absolute atomic E-state index is 15.3. The van der Waals surface area contributed by atoms with Crippen molar-refractivity contribution >= 4 is 11.8 Å². The quantitative estimate of drug-likeness (QED) is 0.244. The van der Waals surface area contributed by atoms with Crippen molar-refractivity contribution in [3.63, 3.8) is 0 Å². The maximum Gasteiger partial charge on any atom is 0.295 e. The summed E-state index contributed by atoms with van der Waals surface area (Å²) in [6, 6.07) is 15.0. The third-order valence-electron chi connectivity index (χ3n) is 7.13. The number of carbonyl (C=O) groups excluding carboxylic acids is 1. The predicted molar refractivity (Wildman–Crippen MR) is 157 cm³/mol. The molecular weight excluding hydrogens is 561 g/mol. The molecule has 0 spiro atoms. The van der Waals surface area contributed by atoms with Gasteiger partial charge in [-0.2, -0.15) is 0 Å². The van der Waals surface area contributed by atoms with E-state index in [0.717, 1.165) is 17.2 Å². The topological polar surface area (TPSA) is 69.6 Å². The number of aryl methyl sites for hydroxylation is 1. The largest absolute Gasteiger partial charge is 0.497 e. The van der Waals surface area contributed by atoms with Crippen LogP contribution in [0.5, 0.6) is 17.2 Å². The number of ether oxygens (including phenoxy) is 4. The normalized spacial score (nSPS) is 16.2.